The molecule has 130 valence electrons. The van der Waals surface area contributed by atoms with Gasteiger partial charge in [0, 0.05) is 17.9 Å². The fourth-order valence-electron chi connectivity index (χ4n) is 4.14. The molecule has 23 heavy (non-hydrogen) atoms. The van der Waals surface area contributed by atoms with Crippen LogP contribution < -0.4 is 5.32 Å². The van der Waals surface area contributed by atoms with Crippen LogP contribution in [-0.2, 0) is 9.47 Å². The lowest BCUT2D eigenvalue weighted by atomic mass is 9.56. The van der Waals surface area contributed by atoms with Crippen LogP contribution in [0.1, 0.15) is 40.5 Å². The van der Waals surface area contributed by atoms with Crippen LogP contribution in [0.25, 0.3) is 0 Å². The normalized spacial score (nSPS) is 36.1. The lowest BCUT2D eigenvalue weighted by Crippen LogP contribution is -2.56. The van der Waals surface area contributed by atoms with Crippen molar-refractivity contribution in [1.82, 2.24) is 5.32 Å². The Labute approximate surface area is 140 Å². The van der Waals surface area contributed by atoms with Crippen molar-refractivity contribution in [2.75, 3.05) is 19.8 Å². The van der Waals surface area contributed by atoms with Crippen LogP contribution in [0.15, 0.2) is 24.3 Å². The molecule has 1 aliphatic heterocycles. The minimum Gasteiger partial charge on any atom is -0.449 e. The van der Waals surface area contributed by atoms with E-state index >= 15 is 0 Å². The Hall–Kier alpha value is -1.29. The Balaban J connectivity index is 2.07. The summed E-state index contributed by atoms with van der Waals surface area (Å²) >= 11 is 0. The van der Waals surface area contributed by atoms with Gasteiger partial charge >= 0.3 is 6.09 Å². The highest BCUT2D eigenvalue weighted by atomic mass is 16.6. The summed E-state index contributed by atoms with van der Waals surface area (Å²) in [6.07, 6.45) is 5.99. The van der Waals surface area contributed by atoms with Gasteiger partial charge in [-0.05, 0) is 25.2 Å². The Morgan fingerprint density at radius 1 is 1.57 bits per heavy atom. The van der Waals surface area contributed by atoms with Crippen molar-refractivity contribution >= 4 is 6.09 Å². The number of nitrogens with one attached hydrogen (secondary N) is 1. The Morgan fingerprint density at radius 3 is 2.96 bits per heavy atom. The van der Waals surface area contributed by atoms with Crippen molar-refractivity contribution in [3.63, 3.8) is 0 Å². The van der Waals surface area contributed by atoms with E-state index in [0.29, 0.717) is 37.5 Å². The molecular formula is C19H31NO3. The third-order valence-corrected chi connectivity index (χ3v) is 5.79. The molecule has 5 atom stereocenters. The molecule has 2 bridgehead atoms. The predicted octanol–water partition coefficient (Wildman–Crippen LogP) is 3.93. The van der Waals surface area contributed by atoms with Crippen LogP contribution >= 0.6 is 0 Å². The third-order valence-electron chi connectivity index (χ3n) is 5.79. The van der Waals surface area contributed by atoms with Gasteiger partial charge < -0.3 is 14.8 Å². The Morgan fingerprint density at radius 2 is 2.30 bits per heavy atom. The van der Waals surface area contributed by atoms with Crippen LogP contribution in [-0.4, -0.2) is 32.0 Å². The number of alkyl carbamates (subject to hydrolysis) is 1. The number of ether oxygens (including phenoxy) is 2. The second-order valence-corrected chi connectivity index (χ2v) is 7.11. The summed E-state index contributed by atoms with van der Waals surface area (Å²) in [6, 6.07) is 0. The summed E-state index contributed by atoms with van der Waals surface area (Å²) in [5.74, 6) is 1.04. The highest BCUT2D eigenvalue weighted by Gasteiger charge is 2.53. The van der Waals surface area contributed by atoms with Crippen LogP contribution in [0.3, 0.4) is 0 Å². The van der Waals surface area contributed by atoms with E-state index in [1.54, 1.807) is 0 Å². The van der Waals surface area contributed by atoms with Gasteiger partial charge in [-0.15, -0.1) is 6.58 Å². The van der Waals surface area contributed by atoms with E-state index in [9.17, 15) is 4.79 Å². The molecule has 0 unspecified atom stereocenters. The zero-order valence-corrected chi connectivity index (χ0v) is 14.9. The number of hydrogen-bond donors (Lipinski definition) is 1. The lowest BCUT2D eigenvalue weighted by molar-refractivity contribution is -0.148. The average molecular weight is 321 g/mol. The largest absolute Gasteiger partial charge is 0.449 e. The standard InChI is InChI=1S/C19H31NO3/c1-6-8-9-20-18(21)23-12-19-11-22-16(7-2)17(15(19)5)13(3)10-14(19)4/h7,10,14-17H,2,6,8-9,11-12H2,1,3-5H3,(H,20,21)/t14-,15+,16+,17-,19+/m0/s1. The molecule has 0 saturated carbocycles. The minimum atomic E-state index is -0.319. The number of unbranched alkanes of at least 4 members (excludes halogenated alkanes) is 1. The van der Waals surface area contributed by atoms with Crippen LogP contribution in [0.5, 0.6) is 0 Å². The van der Waals surface area contributed by atoms with Crippen LogP contribution in [0.4, 0.5) is 4.79 Å². The minimum absolute atomic E-state index is 0.0558. The highest BCUT2D eigenvalue weighted by Crippen LogP contribution is 2.52. The van der Waals surface area contributed by atoms with Gasteiger partial charge in [0.25, 0.3) is 0 Å². The van der Waals surface area contributed by atoms with Gasteiger partial charge in [-0.2, -0.15) is 0 Å². The number of hydrogen-bond acceptors (Lipinski definition) is 3. The van der Waals surface area contributed by atoms with E-state index in [1.807, 2.05) is 6.08 Å². The first kappa shape index (κ1) is 18.1. The lowest BCUT2D eigenvalue weighted by Gasteiger charge is -2.54. The van der Waals surface area contributed by atoms with Crippen molar-refractivity contribution in [1.29, 1.82) is 0 Å². The average Bonchev–Trinajstić information content (AvgIpc) is 2.52. The van der Waals surface area contributed by atoms with Gasteiger partial charge in [-0.1, -0.05) is 44.9 Å². The first-order valence-corrected chi connectivity index (χ1v) is 8.79. The molecule has 0 aromatic carbocycles. The Kier molecular flexibility index (Phi) is 5.90. The quantitative estimate of drug-likeness (QED) is 0.595. The van der Waals surface area contributed by atoms with Crippen molar-refractivity contribution in [2.45, 2.75) is 46.6 Å². The maximum atomic E-state index is 11.9. The molecule has 4 heteroatoms. The van der Waals surface area contributed by atoms with Crippen molar-refractivity contribution in [2.24, 2.45) is 23.2 Å². The molecule has 1 aliphatic carbocycles. The summed E-state index contributed by atoms with van der Waals surface area (Å²) in [5.41, 5.74) is 1.21. The van der Waals surface area contributed by atoms with Gasteiger partial charge in [0.15, 0.2) is 0 Å². The smallest absolute Gasteiger partial charge is 0.407 e. The molecule has 0 radical (unpaired) electrons. The molecule has 0 aromatic rings. The SMILES string of the molecule is C=C[C@H]1OC[C@]2(COC(=O)NCCCC)[C@H](C)[C@@H]1C(C)=C[C@@H]2C. The van der Waals surface area contributed by atoms with E-state index < -0.39 is 0 Å². The molecule has 2 aliphatic rings. The second kappa shape index (κ2) is 7.52. The zero-order valence-electron chi connectivity index (χ0n) is 14.9. The zero-order chi connectivity index (χ0) is 17.0. The summed E-state index contributed by atoms with van der Waals surface area (Å²) in [6.45, 7) is 14.3. The predicted molar refractivity (Wildman–Crippen MR) is 92.2 cm³/mol. The van der Waals surface area contributed by atoms with Gasteiger partial charge in [-0.3, -0.25) is 0 Å². The summed E-state index contributed by atoms with van der Waals surface area (Å²) in [4.78, 5) is 11.9. The first-order valence-electron chi connectivity index (χ1n) is 8.79. The molecule has 4 nitrogen and oxygen atoms in total. The molecule has 1 N–H and O–H groups in total. The maximum Gasteiger partial charge on any atom is 0.407 e. The van der Waals surface area contributed by atoms with E-state index in [-0.39, 0.29) is 17.6 Å². The highest BCUT2D eigenvalue weighted by molar-refractivity contribution is 5.67. The molecule has 1 heterocycles. The number of fused-ring (bicyclic) bond motifs is 2. The third kappa shape index (κ3) is 3.47. The molecule has 0 aromatic heterocycles. The summed E-state index contributed by atoms with van der Waals surface area (Å²) in [7, 11) is 0. The van der Waals surface area contributed by atoms with Crippen molar-refractivity contribution in [3.05, 3.63) is 24.3 Å². The number of carbonyl (C=O) groups excluding carboxylic acids is 1. The van der Waals surface area contributed by atoms with Gasteiger partial charge in [0.1, 0.15) is 6.61 Å². The molecule has 0 spiro atoms. The van der Waals surface area contributed by atoms with E-state index in [4.69, 9.17) is 9.47 Å². The maximum absolute atomic E-state index is 11.9. The van der Waals surface area contributed by atoms with Gasteiger partial charge in [0.05, 0.1) is 12.7 Å². The molecule has 1 saturated heterocycles. The molecule has 1 amide bonds. The van der Waals surface area contributed by atoms with Crippen molar-refractivity contribution in [3.8, 4) is 0 Å². The summed E-state index contributed by atoms with van der Waals surface area (Å²) in [5, 5.41) is 2.82. The Bertz CT molecular complexity index is 473. The number of amides is 1. The van der Waals surface area contributed by atoms with Crippen LogP contribution in [0.2, 0.25) is 0 Å². The molecule has 2 rings (SSSR count). The molecule has 1 fully saturated rings. The molecular weight excluding hydrogens is 290 g/mol. The van der Waals surface area contributed by atoms with Gasteiger partial charge in [-0.25, -0.2) is 4.79 Å². The first-order chi connectivity index (χ1) is 11.0. The van der Waals surface area contributed by atoms with E-state index in [0.717, 1.165) is 12.8 Å². The number of allylic oxidation sites excluding steroid dienone is 1. The topological polar surface area (TPSA) is 47.6 Å². The van der Waals surface area contributed by atoms with E-state index in [2.05, 4.69) is 45.7 Å². The second-order valence-electron chi connectivity index (χ2n) is 7.11. The summed E-state index contributed by atoms with van der Waals surface area (Å²) < 4.78 is 11.6. The fourth-order valence-corrected chi connectivity index (χ4v) is 4.14. The van der Waals surface area contributed by atoms with Gasteiger partial charge in [0.2, 0.25) is 0 Å². The fraction of sp³-hybridized carbons (Fsp3) is 0.737. The van der Waals surface area contributed by atoms with E-state index in [1.165, 1.54) is 5.57 Å². The van der Waals surface area contributed by atoms with Crippen LogP contribution in [0, 0.1) is 23.2 Å². The monoisotopic (exact) mass is 321 g/mol. The van der Waals surface area contributed by atoms with Crippen molar-refractivity contribution < 1.29 is 14.3 Å². The number of carbonyl (C=O) groups is 1. The number of rotatable bonds is 6.